The molecule has 3 N–H and O–H groups in total. The van der Waals surface area contributed by atoms with Crippen LogP contribution in [0.1, 0.15) is 52.4 Å². The van der Waals surface area contributed by atoms with Crippen molar-refractivity contribution in [3.05, 3.63) is 94.4 Å². The molecule has 0 atom stereocenters. The van der Waals surface area contributed by atoms with Crippen molar-refractivity contribution in [2.45, 2.75) is 38.6 Å². The maximum absolute atomic E-state index is 13.1. The Kier molecular flexibility index (Phi) is 6.92. The highest BCUT2D eigenvalue weighted by Gasteiger charge is 2.27. The molecule has 0 saturated heterocycles. The number of halogens is 1. The first-order chi connectivity index (χ1) is 17.9. The second kappa shape index (κ2) is 10.4. The number of aromatic nitrogens is 3. The number of aromatic hydroxyl groups is 1. The van der Waals surface area contributed by atoms with Crippen molar-refractivity contribution in [2.75, 3.05) is 5.32 Å². The van der Waals surface area contributed by atoms with Crippen LogP contribution in [0.3, 0.4) is 0 Å². The standard InChI is InChI=1S/C28H26ClN5O3/c1-17-5-2-6-18(13-17)16-31-28(37)34-24(19-7-3-8-19)15-23(33-34)21-11-10-20(14-25(21)35)32-27(36)22-9-4-12-30-26(22)29/h2,4-6,9-15,19,35H,3,7-8,16H2,1H3,(H,31,37)(H,32,36). The Bertz CT molecular complexity index is 1480. The fraction of sp³-hybridized carbons (Fsp3) is 0.214. The molecular weight excluding hydrogens is 490 g/mol. The SMILES string of the molecule is Cc1cccc(CNC(=O)n2nc(-c3ccc(NC(=O)c4cccnc4Cl)cc3O)cc2C2CCC2)c1. The van der Waals surface area contributed by atoms with Crippen LogP contribution in [-0.4, -0.2) is 31.8 Å². The van der Waals surface area contributed by atoms with Crippen LogP contribution in [0.25, 0.3) is 11.3 Å². The first-order valence-corrected chi connectivity index (χ1v) is 12.5. The van der Waals surface area contributed by atoms with Gasteiger partial charge in [0.2, 0.25) is 0 Å². The van der Waals surface area contributed by atoms with E-state index in [2.05, 4.69) is 20.7 Å². The molecule has 37 heavy (non-hydrogen) atoms. The van der Waals surface area contributed by atoms with Crippen LogP contribution in [-0.2, 0) is 6.54 Å². The number of amides is 2. The van der Waals surface area contributed by atoms with E-state index in [0.29, 0.717) is 23.5 Å². The highest BCUT2D eigenvalue weighted by atomic mass is 35.5. The Morgan fingerprint density at radius 3 is 2.65 bits per heavy atom. The lowest BCUT2D eigenvalue weighted by Crippen LogP contribution is -2.31. The molecule has 0 radical (unpaired) electrons. The predicted octanol–water partition coefficient (Wildman–Crippen LogP) is 5.89. The number of pyridine rings is 1. The van der Waals surface area contributed by atoms with Gasteiger partial charge in [-0.3, -0.25) is 4.79 Å². The largest absolute Gasteiger partial charge is 0.507 e. The van der Waals surface area contributed by atoms with E-state index in [-0.39, 0.29) is 28.4 Å². The van der Waals surface area contributed by atoms with E-state index < -0.39 is 5.91 Å². The Morgan fingerprint density at radius 1 is 1.11 bits per heavy atom. The molecule has 5 rings (SSSR count). The van der Waals surface area contributed by atoms with Gasteiger partial charge in [0.25, 0.3) is 5.91 Å². The number of phenolic OH excluding ortho intramolecular Hbond substituents is 1. The fourth-order valence-electron chi connectivity index (χ4n) is 4.34. The van der Waals surface area contributed by atoms with Crippen molar-refractivity contribution in [1.82, 2.24) is 20.1 Å². The maximum atomic E-state index is 13.1. The maximum Gasteiger partial charge on any atom is 0.342 e. The number of hydrogen-bond donors (Lipinski definition) is 3. The van der Waals surface area contributed by atoms with Crippen LogP contribution in [0.15, 0.2) is 66.9 Å². The number of hydrogen-bond acceptors (Lipinski definition) is 5. The van der Waals surface area contributed by atoms with Gasteiger partial charge in [0.05, 0.1) is 17.0 Å². The summed E-state index contributed by atoms with van der Waals surface area (Å²) in [5, 5.41) is 21.1. The number of aryl methyl sites for hydroxylation is 1. The average molecular weight is 516 g/mol. The van der Waals surface area contributed by atoms with E-state index in [0.717, 1.165) is 36.1 Å². The summed E-state index contributed by atoms with van der Waals surface area (Å²) >= 11 is 6.01. The fourth-order valence-corrected chi connectivity index (χ4v) is 4.54. The van der Waals surface area contributed by atoms with Crippen LogP contribution >= 0.6 is 11.6 Å². The monoisotopic (exact) mass is 515 g/mol. The van der Waals surface area contributed by atoms with Gasteiger partial charge in [0.15, 0.2) is 0 Å². The quantitative estimate of drug-likeness (QED) is 0.277. The third-order valence-corrected chi connectivity index (χ3v) is 6.82. The number of benzene rings is 2. The topological polar surface area (TPSA) is 109 Å². The molecule has 2 aromatic heterocycles. The van der Waals surface area contributed by atoms with Gasteiger partial charge in [-0.25, -0.2) is 9.78 Å². The molecule has 0 bridgehead atoms. The summed E-state index contributed by atoms with van der Waals surface area (Å²) < 4.78 is 1.41. The van der Waals surface area contributed by atoms with Crippen molar-refractivity contribution >= 4 is 29.2 Å². The first kappa shape index (κ1) is 24.5. The number of nitrogens with one attached hydrogen (secondary N) is 2. The van der Waals surface area contributed by atoms with Gasteiger partial charge in [-0.2, -0.15) is 9.78 Å². The summed E-state index contributed by atoms with van der Waals surface area (Å²) in [7, 11) is 0. The molecule has 9 heteroatoms. The minimum Gasteiger partial charge on any atom is -0.507 e. The van der Waals surface area contributed by atoms with E-state index in [1.165, 1.54) is 16.9 Å². The zero-order valence-corrected chi connectivity index (χ0v) is 21.0. The zero-order valence-electron chi connectivity index (χ0n) is 20.2. The summed E-state index contributed by atoms with van der Waals surface area (Å²) in [5.74, 6) is -0.261. The minimum atomic E-state index is -0.438. The van der Waals surface area contributed by atoms with Crippen LogP contribution in [0.5, 0.6) is 5.75 Å². The summed E-state index contributed by atoms with van der Waals surface area (Å²) in [4.78, 5) is 29.6. The van der Waals surface area contributed by atoms with Crippen molar-refractivity contribution in [2.24, 2.45) is 0 Å². The van der Waals surface area contributed by atoms with Crippen molar-refractivity contribution in [3.63, 3.8) is 0 Å². The molecule has 0 aliphatic heterocycles. The Balaban J connectivity index is 1.36. The normalized spacial score (nSPS) is 13.1. The molecule has 0 unspecified atom stereocenters. The smallest absolute Gasteiger partial charge is 0.342 e. The average Bonchev–Trinajstić information content (AvgIpc) is 3.26. The van der Waals surface area contributed by atoms with E-state index in [4.69, 9.17) is 11.6 Å². The lowest BCUT2D eigenvalue weighted by Gasteiger charge is -2.25. The second-order valence-electron chi connectivity index (χ2n) is 9.17. The zero-order chi connectivity index (χ0) is 25.9. The van der Waals surface area contributed by atoms with E-state index in [1.807, 2.05) is 37.3 Å². The number of carbonyl (C=O) groups excluding carboxylic acids is 2. The van der Waals surface area contributed by atoms with Gasteiger partial charge in [-0.1, -0.05) is 47.9 Å². The molecule has 2 heterocycles. The highest BCUT2D eigenvalue weighted by Crippen LogP contribution is 2.39. The molecule has 1 saturated carbocycles. The summed E-state index contributed by atoms with van der Waals surface area (Å²) in [6.45, 7) is 2.40. The third kappa shape index (κ3) is 5.34. The van der Waals surface area contributed by atoms with Crippen LogP contribution in [0.4, 0.5) is 10.5 Å². The predicted molar refractivity (Wildman–Crippen MR) is 142 cm³/mol. The van der Waals surface area contributed by atoms with E-state index in [1.54, 1.807) is 24.3 Å². The molecule has 2 amide bonds. The summed E-state index contributed by atoms with van der Waals surface area (Å²) in [5.41, 5.74) is 4.53. The van der Waals surface area contributed by atoms with Gasteiger partial charge in [0, 0.05) is 36.0 Å². The number of phenols is 1. The number of rotatable bonds is 6. The molecule has 8 nitrogen and oxygen atoms in total. The molecule has 1 aliphatic carbocycles. The highest BCUT2D eigenvalue weighted by molar-refractivity contribution is 6.33. The van der Waals surface area contributed by atoms with Crippen molar-refractivity contribution < 1.29 is 14.7 Å². The van der Waals surface area contributed by atoms with Gasteiger partial charge in [-0.05, 0) is 55.7 Å². The van der Waals surface area contributed by atoms with E-state index in [9.17, 15) is 14.7 Å². The number of nitrogens with zero attached hydrogens (tertiary/aromatic N) is 3. The molecule has 4 aromatic rings. The van der Waals surface area contributed by atoms with Crippen molar-refractivity contribution in [3.8, 4) is 17.0 Å². The van der Waals surface area contributed by atoms with Gasteiger partial charge < -0.3 is 15.7 Å². The molecule has 0 spiro atoms. The Hall–Kier alpha value is -4.17. The first-order valence-electron chi connectivity index (χ1n) is 12.1. The molecular formula is C28H26ClN5O3. The second-order valence-corrected chi connectivity index (χ2v) is 9.53. The van der Waals surface area contributed by atoms with Crippen LogP contribution in [0.2, 0.25) is 5.15 Å². The minimum absolute atomic E-state index is 0.0694. The van der Waals surface area contributed by atoms with Crippen LogP contribution in [0, 0.1) is 6.92 Å². The molecule has 2 aromatic carbocycles. The lowest BCUT2D eigenvalue weighted by atomic mass is 9.82. The Labute approximate surface area is 219 Å². The van der Waals surface area contributed by atoms with Crippen LogP contribution < -0.4 is 10.6 Å². The van der Waals surface area contributed by atoms with E-state index >= 15 is 0 Å². The van der Waals surface area contributed by atoms with Gasteiger partial charge >= 0.3 is 6.03 Å². The molecule has 1 fully saturated rings. The molecule has 1 aliphatic rings. The number of carbonyl (C=O) groups is 2. The third-order valence-electron chi connectivity index (χ3n) is 6.51. The summed E-state index contributed by atoms with van der Waals surface area (Å²) in [6, 6.07) is 17.5. The molecule has 188 valence electrons. The van der Waals surface area contributed by atoms with Crippen molar-refractivity contribution in [1.29, 1.82) is 0 Å². The summed E-state index contributed by atoms with van der Waals surface area (Å²) in [6.07, 6.45) is 4.59. The lowest BCUT2D eigenvalue weighted by molar-refractivity contribution is 0.102. The number of anilines is 1. The Morgan fingerprint density at radius 2 is 1.95 bits per heavy atom. The van der Waals surface area contributed by atoms with Gasteiger partial charge in [-0.15, -0.1) is 0 Å². The van der Waals surface area contributed by atoms with Gasteiger partial charge in [0.1, 0.15) is 10.9 Å².